The summed E-state index contributed by atoms with van der Waals surface area (Å²) in [6.07, 6.45) is -4.19. The predicted octanol–water partition coefficient (Wildman–Crippen LogP) is 4.70. The van der Waals surface area contributed by atoms with Crippen LogP contribution in [0.4, 0.5) is 13.2 Å². The molecule has 0 saturated heterocycles. The Hall–Kier alpha value is -0.363. The summed E-state index contributed by atoms with van der Waals surface area (Å²) < 4.78 is 45.1. The van der Waals surface area contributed by atoms with E-state index in [9.17, 15) is 18.0 Å². The van der Waals surface area contributed by atoms with Gasteiger partial charge in [0.1, 0.15) is 11.7 Å². The molecule has 20 heavy (non-hydrogen) atoms. The molecule has 2 nitrogen and oxygen atoms in total. The fourth-order valence-electron chi connectivity index (χ4n) is 2.29. The Bertz CT molecular complexity index is 350. The lowest BCUT2D eigenvalue weighted by Gasteiger charge is -2.43. The van der Waals surface area contributed by atoms with Crippen molar-refractivity contribution in [1.82, 2.24) is 0 Å². The molecule has 0 heterocycles. The highest BCUT2D eigenvalue weighted by atomic mass is 28.4. The zero-order chi connectivity index (χ0) is 15.8. The second-order valence-electron chi connectivity index (χ2n) is 7.35. The van der Waals surface area contributed by atoms with Crippen LogP contribution in [0.15, 0.2) is 0 Å². The minimum Gasteiger partial charge on any atom is -0.414 e. The summed E-state index contributed by atoms with van der Waals surface area (Å²) in [7, 11) is -1.96. The van der Waals surface area contributed by atoms with E-state index in [1.165, 1.54) is 0 Å². The van der Waals surface area contributed by atoms with E-state index in [-0.39, 0.29) is 30.3 Å². The number of hydrogen-bond acceptors (Lipinski definition) is 2. The van der Waals surface area contributed by atoms with E-state index < -0.39 is 19.9 Å². The molecule has 0 radical (unpaired) electrons. The van der Waals surface area contributed by atoms with Crippen LogP contribution in [0.3, 0.4) is 0 Å². The SMILES string of the molecule is CC(C)(C)[Si](C)(C)OC1CCC(C=O)(C(F)(F)F)CC1. The van der Waals surface area contributed by atoms with Crippen LogP contribution in [0.2, 0.25) is 18.1 Å². The van der Waals surface area contributed by atoms with E-state index in [0.29, 0.717) is 12.8 Å². The van der Waals surface area contributed by atoms with Crippen LogP contribution >= 0.6 is 0 Å². The first-order valence-corrected chi connectivity index (χ1v) is 9.96. The van der Waals surface area contributed by atoms with Crippen LogP contribution in [0.5, 0.6) is 0 Å². The Kier molecular flexibility index (Phi) is 4.81. The Morgan fingerprint density at radius 1 is 1.15 bits per heavy atom. The van der Waals surface area contributed by atoms with Gasteiger partial charge in [-0.05, 0) is 43.8 Å². The molecule has 0 unspecified atom stereocenters. The molecule has 1 fully saturated rings. The first-order chi connectivity index (χ1) is 8.85. The Labute approximate surface area is 120 Å². The van der Waals surface area contributed by atoms with Gasteiger partial charge in [0.2, 0.25) is 0 Å². The normalized spacial score (nSPS) is 29.3. The Balaban J connectivity index is 2.70. The van der Waals surface area contributed by atoms with Gasteiger partial charge in [-0.25, -0.2) is 0 Å². The smallest absolute Gasteiger partial charge is 0.401 e. The molecule has 1 aliphatic rings. The molecule has 0 aromatic carbocycles. The lowest BCUT2D eigenvalue weighted by molar-refractivity contribution is -0.225. The third kappa shape index (κ3) is 3.45. The fourth-order valence-corrected chi connectivity index (χ4v) is 3.71. The second-order valence-corrected chi connectivity index (χ2v) is 12.1. The third-order valence-corrected chi connectivity index (χ3v) is 9.42. The summed E-state index contributed by atoms with van der Waals surface area (Å²) in [5.41, 5.74) is -2.15. The van der Waals surface area contributed by atoms with Gasteiger partial charge >= 0.3 is 6.18 Å². The van der Waals surface area contributed by atoms with Crippen molar-refractivity contribution in [2.45, 2.75) is 76.9 Å². The maximum absolute atomic E-state index is 13.0. The number of carbonyl (C=O) groups excluding carboxylic acids is 1. The molecule has 1 saturated carbocycles. The van der Waals surface area contributed by atoms with Crippen LogP contribution in [-0.4, -0.2) is 26.9 Å². The molecular weight excluding hydrogens is 285 g/mol. The number of rotatable bonds is 3. The topological polar surface area (TPSA) is 26.3 Å². The van der Waals surface area contributed by atoms with Gasteiger partial charge in [-0.2, -0.15) is 13.2 Å². The number of halogens is 3. The van der Waals surface area contributed by atoms with Gasteiger partial charge in [0.05, 0.1) is 0 Å². The fraction of sp³-hybridized carbons (Fsp3) is 0.929. The second kappa shape index (κ2) is 5.44. The molecular formula is C14H25F3O2Si. The first-order valence-electron chi connectivity index (χ1n) is 7.05. The maximum atomic E-state index is 13.0. The Morgan fingerprint density at radius 3 is 1.90 bits per heavy atom. The monoisotopic (exact) mass is 310 g/mol. The van der Waals surface area contributed by atoms with E-state index in [1.54, 1.807) is 0 Å². The van der Waals surface area contributed by atoms with Crippen molar-refractivity contribution in [1.29, 1.82) is 0 Å². The van der Waals surface area contributed by atoms with Gasteiger partial charge in [-0.3, -0.25) is 0 Å². The van der Waals surface area contributed by atoms with Crippen molar-refractivity contribution in [3.05, 3.63) is 0 Å². The van der Waals surface area contributed by atoms with E-state index in [2.05, 4.69) is 33.9 Å². The van der Waals surface area contributed by atoms with Gasteiger partial charge < -0.3 is 9.22 Å². The number of carbonyl (C=O) groups is 1. The average Bonchev–Trinajstić information content (AvgIpc) is 2.26. The molecule has 0 aromatic rings. The predicted molar refractivity (Wildman–Crippen MR) is 75.1 cm³/mol. The summed E-state index contributed by atoms with van der Waals surface area (Å²) in [5, 5.41) is 0.0379. The maximum Gasteiger partial charge on any atom is 0.401 e. The summed E-state index contributed by atoms with van der Waals surface area (Å²) in [5.74, 6) is 0. The molecule has 0 atom stereocenters. The summed E-state index contributed by atoms with van der Waals surface area (Å²) in [6, 6.07) is 0. The van der Waals surface area contributed by atoms with E-state index >= 15 is 0 Å². The molecule has 0 bridgehead atoms. The van der Waals surface area contributed by atoms with Crippen molar-refractivity contribution in [3.63, 3.8) is 0 Å². The summed E-state index contributed by atoms with van der Waals surface area (Å²) in [4.78, 5) is 10.9. The molecule has 1 rings (SSSR count). The zero-order valence-corrected chi connectivity index (χ0v) is 13.9. The van der Waals surface area contributed by atoms with Crippen LogP contribution in [0, 0.1) is 5.41 Å². The molecule has 118 valence electrons. The molecule has 0 N–H and O–H groups in total. The quantitative estimate of drug-likeness (QED) is 0.558. The van der Waals surface area contributed by atoms with Gasteiger partial charge in [0.15, 0.2) is 8.32 Å². The van der Waals surface area contributed by atoms with Gasteiger partial charge in [0, 0.05) is 6.10 Å². The largest absolute Gasteiger partial charge is 0.414 e. The minimum atomic E-state index is -4.45. The van der Waals surface area contributed by atoms with Crippen LogP contribution in [-0.2, 0) is 9.22 Å². The average molecular weight is 310 g/mol. The first kappa shape index (κ1) is 17.7. The lowest BCUT2D eigenvalue weighted by atomic mass is 9.74. The number of alkyl halides is 3. The van der Waals surface area contributed by atoms with Gasteiger partial charge in [-0.1, -0.05) is 20.8 Å². The number of hydrogen-bond donors (Lipinski definition) is 0. The zero-order valence-electron chi connectivity index (χ0n) is 12.9. The molecule has 0 spiro atoms. The highest BCUT2D eigenvalue weighted by molar-refractivity contribution is 6.74. The highest BCUT2D eigenvalue weighted by Crippen LogP contribution is 2.49. The van der Waals surface area contributed by atoms with Crippen molar-refractivity contribution in [2.75, 3.05) is 0 Å². The molecule has 0 amide bonds. The van der Waals surface area contributed by atoms with Crippen molar-refractivity contribution < 1.29 is 22.4 Å². The van der Waals surface area contributed by atoms with E-state index in [4.69, 9.17) is 4.43 Å². The molecule has 0 aromatic heterocycles. The molecule has 6 heteroatoms. The van der Waals surface area contributed by atoms with Crippen LogP contribution < -0.4 is 0 Å². The molecule has 1 aliphatic carbocycles. The highest BCUT2D eigenvalue weighted by Gasteiger charge is 2.56. The van der Waals surface area contributed by atoms with Crippen molar-refractivity contribution in [2.24, 2.45) is 5.41 Å². The van der Waals surface area contributed by atoms with Crippen molar-refractivity contribution >= 4 is 14.6 Å². The molecule has 0 aliphatic heterocycles. The van der Waals surface area contributed by atoms with Crippen LogP contribution in [0.1, 0.15) is 46.5 Å². The summed E-state index contributed by atoms with van der Waals surface area (Å²) in [6.45, 7) is 10.5. The number of aldehydes is 1. The lowest BCUT2D eigenvalue weighted by Crippen LogP contribution is -2.48. The third-order valence-electron chi connectivity index (χ3n) is 4.88. The van der Waals surface area contributed by atoms with Gasteiger partial charge in [0.25, 0.3) is 0 Å². The Morgan fingerprint density at radius 2 is 1.60 bits per heavy atom. The van der Waals surface area contributed by atoms with Gasteiger partial charge in [-0.15, -0.1) is 0 Å². The minimum absolute atomic E-state index is 0.0379. The standard InChI is InChI=1S/C14H25F3O2Si/c1-12(2,3)20(4,5)19-11-6-8-13(10-18,9-7-11)14(15,16)17/h10-11H,6-9H2,1-5H3. The van der Waals surface area contributed by atoms with Crippen LogP contribution in [0.25, 0.3) is 0 Å². The van der Waals surface area contributed by atoms with E-state index in [0.717, 1.165) is 0 Å². The van der Waals surface area contributed by atoms with E-state index in [1.807, 2.05) is 0 Å². The van der Waals surface area contributed by atoms with Crippen molar-refractivity contribution in [3.8, 4) is 0 Å². The summed E-state index contributed by atoms with van der Waals surface area (Å²) >= 11 is 0.